The van der Waals surface area contributed by atoms with E-state index in [9.17, 15) is 4.79 Å². The van der Waals surface area contributed by atoms with Gasteiger partial charge >= 0.3 is 0 Å². The summed E-state index contributed by atoms with van der Waals surface area (Å²) in [7, 11) is 0. The summed E-state index contributed by atoms with van der Waals surface area (Å²) in [5.74, 6) is 1.38. The van der Waals surface area contributed by atoms with E-state index < -0.39 is 0 Å². The quantitative estimate of drug-likeness (QED) is 0.687. The third-order valence-corrected chi connectivity index (χ3v) is 4.56. The lowest BCUT2D eigenvalue weighted by atomic mass is 10.4. The normalized spacial score (nSPS) is 14.0. The summed E-state index contributed by atoms with van der Waals surface area (Å²) in [6.45, 7) is 1.86. The summed E-state index contributed by atoms with van der Waals surface area (Å²) in [5, 5.41) is 14.1. The molecule has 0 spiro atoms. The fourth-order valence-electron chi connectivity index (χ4n) is 1.80. The zero-order valence-electron chi connectivity index (χ0n) is 9.63. The van der Waals surface area contributed by atoms with E-state index >= 15 is 0 Å². The second-order valence-corrected chi connectivity index (χ2v) is 5.82. The third kappa shape index (κ3) is 2.28. The van der Waals surface area contributed by atoms with Gasteiger partial charge in [0.1, 0.15) is 0 Å². The smallest absolute Gasteiger partial charge is 0.225 e. The first-order valence-corrected chi connectivity index (χ1v) is 7.58. The van der Waals surface area contributed by atoms with Crippen molar-refractivity contribution in [2.75, 3.05) is 17.6 Å². The minimum Gasteiger partial charge on any atom is -0.354 e. The van der Waals surface area contributed by atoms with Crippen LogP contribution in [0.5, 0.6) is 0 Å². The Morgan fingerprint density at radius 1 is 1.56 bits per heavy atom. The topological polar surface area (TPSA) is 59.8 Å². The molecule has 0 unspecified atom stereocenters. The fourth-order valence-corrected chi connectivity index (χ4v) is 3.41. The van der Waals surface area contributed by atoms with Crippen molar-refractivity contribution in [2.24, 2.45) is 0 Å². The minimum absolute atomic E-state index is 0.149. The van der Waals surface area contributed by atoms with Crippen molar-refractivity contribution in [3.63, 3.8) is 0 Å². The third-order valence-electron chi connectivity index (χ3n) is 2.69. The molecular weight excluding hydrogens is 268 g/mol. The SMILES string of the molecule is O=C(CSc1nnc2n1CCCN2)c1cccs1. The first-order valence-electron chi connectivity index (χ1n) is 5.71. The molecule has 18 heavy (non-hydrogen) atoms. The lowest BCUT2D eigenvalue weighted by Gasteiger charge is -2.15. The van der Waals surface area contributed by atoms with Crippen molar-refractivity contribution in [3.05, 3.63) is 22.4 Å². The zero-order chi connectivity index (χ0) is 12.4. The number of hydrogen-bond acceptors (Lipinski definition) is 6. The highest BCUT2D eigenvalue weighted by Gasteiger charge is 2.17. The molecule has 1 N–H and O–H groups in total. The molecule has 1 aliphatic heterocycles. The van der Waals surface area contributed by atoms with Crippen LogP contribution in [0.1, 0.15) is 16.1 Å². The molecular formula is C11H12N4OS2. The molecule has 0 radical (unpaired) electrons. The Hall–Kier alpha value is -1.34. The molecule has 3 rings (SSSR count). The number of carbonyl (C=O) groups is 1. The Morgan fingerprint density at radius 3 is 3.33 bits per heavy atom. The van der Waals surface area contributed by atoms with Crippen molar-refractivity contribution >= 4 is 34.8 Å². The number of rotatable bonds is 4. The Labute approximate surface area is 113 Å². The number of nitrogens with one attached hydrogen (secondary N) is 1. The Bertz CT molecular complexity index is 549. The Kier molecular flexibility index (Phi) is 3.33. The van der Waals surface area contributed by atoms with E-state index in [2.05, 4.69) is 15.5 Å². The van der Waals surface area contributed by atoms with Crippen LogP contribution >= 0.6 is 23.1 Å². The maximum atomic E-state index is 11.9. The van der Waals surface area contributed by atoms with Gasteiger partial charge in [-0.15, -0.1) is 21.5 Å². The number of nitrogens with zero attached hydrogens (tertiary/aromatic N) is 3. The summed E-state index contributed by atoms with van der Waals surface area (Å²) in [5.41, 5.74) is 0. The van der Waals surface area contributed by atoms with Gasteiger partial charge in [0.25, 0.3) is 0 Å². The monoisotopic (exact) mass is 280 g/mol. The second kappa shape index (κ2) is 5.11. The van der Waals surface area contributed by atoms with E-state index in [4.69, 9.17) is 0 Å². The van der Waals surface area contributed by atoms with Gasteiger partial charge in [0.2, 0.25) is 5.95 Å². The molecule has 0 saturated carbocycles. The number of thiophene rings is 1. The summed E-state index contributed by atoms with van der Waals surface area (Å²) >= 11 is 2.93. The molecule has 2 aromatic heterocycles. The van der Waals surface area contributed by atoms with Crippen molar-refractivity contribution < 1.29 is 4.79 Å². The minimum atomic E-state index is 0.149. The molecule has 0 aromatic carbocycles. The number of anilines is 1. The molecule has 0 fully saturated rings. The summed E-state index contributed by atoms with van der Waals surface area (Å²) in [6.07, 6.45) is 1.07. The first kappa shape index (κ1) is 11.7. The van der Waals surface area contributed by atoms with Crippen LogP contribution in [0.4, 0.5) is 5.95 Å². The maximum Gasteiger partial charge on any atom is 0.225 e. The first-order chi connectivity index (χ1) is 8.84. The van der Waals surface area contributed by atoms with Crippen molar-refractivity contribution in [2.45, 2.75) is 18.1 Å². The van der Waals surface area contributed by atoms with Crippen molar-refractivity contribution in [3.8, 4) is 0 Å². The number of hydrogen-bond donors (Lipinski definition) is 1. The van der Waals surface area contributed by atoms with E-state index in [0.29, 0.717) is 5.75 Å². The Balaban J connectivity index is 1.67. The fraction of sp³-hybridized carbons (Fsp3) is 0.364. The highest BCUT2D eigenvalue weighted by molar-refractivity contribution is 7.99. The van der Waals surface area contributed by atoms with Crippen molar-refractivity contribution in [1.82, 2.24) is 14.8 Å². The number of aromatic nitrogens is 3. The average molecular weight is 280 g/mol. The van der Waals surface area contributed by atoms with Gasteiger partial charge in [-0.2, -0.15) is 0 Å². The predicted molar refractivity (Wildman–Crippen MR) is 72.5 cm³/mol. The van der Waals surface area contributed by atoms with Crippen LogP contribution in [0, 0.1) is 0 Å². The molecule has 0 aliphatic carbocycles. The Morgan fingerprint density at radius 2 is 2.50 bits per heavy atom. The molecule has 7 heteroatoms. The summed E-state index contributed by atoms with van der Waals surface area (Å²) in [4.78, 5) is 12.7. The highest BCUT2D eigenvalue weighted by Crippen LogP contribution is 2.23. The molecule has 3 heterocycles. The summed E-state index contributed by atoms with van der Waals surface area (Å²) in [6, 6.07) is 3.75. The van der Waals surface area contributed by atoms with E-state index in [0.717, 1.165) is 35.5 Å². The second-order valence-electron chi connectivity index (χ2n) is 3.93. The van der Waals surface area contributed by atoms with Crippen LogP contribution in [-0.2, 0) is 6.54 Å². The largest absolute Gasteiger partial charge is 0.354 e. The number of thioether (sulfide) groups is 1. The van der Waals surface area contributed by atoms with Gasteiger partial charge in [-0.25, -0.2) is 0 Å². The molecule has 94 valence electrons. The van der Waals surface area contributed by atoms with Gasteiger partial charge in [-0.05, 0) is 17.9 Å². The van der Waals surface area contributed by atoms with Gasteiger partial charge in [0.15, 0.2) is 10.9 Å². The van der Waals surface area contributed by atoms with Crippen LogP contribution in [0.15, 0.2) is 22.7 Å². The van der Waals surface area contributed by atoms with Crippen LogP contribution in [0.25, 0.3) is 0 Å². The number of Topliss-reactive ketones (excluding diaryl/α,β-unsaturated/α-hetero) is 1. The van der Waals surface area contributed by atoms with Gasteiger partial charge in [0, 0.05) is 13.1 Å². The van der Waals surface area contributed by atoms with Gasteiger partial charge in [-0.3, -0.25) is 9.36 Å². The number of fused-ring (bicyclic) bond motifs is 1. The predicted octanol–water partition coefficient (Wildman–Crippen LogP) is 2.13. The molecule has 1 aliphatic rings. The molecule has 0 atom stereocenters. The average Bonchev–Trinajstić information content (AvgIpc) is 3.06. The van der Waals surface area contributed by atoms with E-state index in [1.165, 1.54) is 23.1 Å². The van der Waals surface area contributed by atoms with E-state index in [1.54, 1.807) is 0 Å². The van der Waals surface area contributed by atoms with Gasteiger partial charge in [0.05, 0.1) is 10.6 Å². The molecule has 0 saturated heterocycles. The van der Waals surface area contributed by atoms with Gasteiger partial charge in [-0.1, -0.05) is 17.8 Å². The molecule has 0 bridgehead atoms. The number of carbonyl (C=O) groups excluding carboxylic acids is 1. The standard InChI is InChI=1S/C11H12N4OS2/c16-8(9-3-1-6-17-9)7-18-11-14-13-10-12-4-2-5-15(10)11/h1,3,6H,2,4-5,7H2,(H,12,13). The highest BCUT2D eigenvalue weighted by atomic mass is 32.2. The molecule has 2 aromatic rings. The zero-order valence-corrected chi connectivity index (χ0v) is 11.3. The molecule has 0 amide bonds. The molecule has 5 nitrogen and oxygen atoms in total. The van der Waals surface area contributed by atoms with Crippen LogP contribution < -0.4 is 5.32 Å². The van der Waals surface area contributed by atoms with Gasteiger partial charge < -0.3 is 5.32 Å². The van der Waals surface area contributed by atoms with Crippen LogP contribution in [0.3, 0.4) is 0 Å². The lowest BCUT2D eigenvalue weighted by molar-refractivity contribution is 0.102. The van der Waals surface area contributed by atoms with E-state index in [-0.39, 0.29) is 5.78 Å². The van der Waals surface area contributed by atoms with E-state index in [1.807, 2.05) is 22.1 Å². The van der Waals surface area contributed by atoms with Crippen LogP contribution in [-0.4, -0.2) is 32.8 Å². The maximum absolute atomic E-state index is 11.9. The number of ketones is 1. The van der Waals surface area contributed by atoms with Crippen molar-refractivity contribution in [1.29, 1.82) is 0 Å². The lowest BCUT2D eigenvalue weighted by Crippen LogP contribution is -2.17. The van der Waals surface area contributed by atoms with Crippen LogP contribution in [0.2, 0.25) is 0 Å². The summed E-state index contributed by atoms with van der Waals surface area (Å²) < 4.78 is 2.04.